The van der Waals surface area contributed by atoms with Gasteiger partial charge in [0, 0.05) is 23.0 Å². The summed E-state index contributed by atoms with van der Waals surface area (Å²) in [7, 11) is 0. The van der Waals surface area contributed by atoms with E-state index in [2.05, 4.69) is 5.32 Å². The van der Waals surface area contributed by atoms with Gasteiger partial charge in [-0.25, -0.2) is 4.39 Å². The second-order valence-corrected chi connectivity index (χ2v) is 4.64. The molecule has 5 heteroatoms. The highest BCUT2D eigenvalue weighted by molar-refractivity contribution is 6.05. The monoisotopic (exact) mass is 288 g/mol. The van der Waals surface area contributed by atoms with E-state index in [1.807, 2.05) is 6.92 Å². The quantitative estimate of drug-likeness (QED) is 0.848. The molecule has 2 aromatic rings. The molecule has 0 radical (unpaired) electrons. The fraction of sp³-hybridized carbons (Fsp3) is 0.188. The van der Waals surface area contributed by atoms with Gasteiger partial charge >= 0.3 is 0 Å². The van der Waals surface area contributed by atoms with Crippen LogP contribution in [0.15, 0.2) is 36.4 Å². The minimum Gasteiger partial charge on any atom is -0.494 e. The van der Waals surface area contributed by atoms with Gasteiger partial charge in [-0.15, -0.1) is 0 Å². The molecule has 0 aliphatic rings. The second kappa shape index (κ2) is 6.26. The minimum atomic E-state index is -0.340. The van der Waals surface area contributed by atoms with Crippen LogP contribution in [0.25, 0.3) is 0 Å². The van der Waals surface area contributed by atoms with Crippen LogP contribution < -0.4 is 15.8 Å². The van der Waals surface area contributed by atoms with Gasteiger partial charge in [0.15, 0.2) is 0 Å². The number of benzene rings is 2. The molecule has 0 atom stereocenters. The number of amides is 1. The summed E-state index contributed by atoms with van der Waals surface area (Å²) < 4.78 is 18.4. The Kier molecular flexibility index (Phi) is 4.42. The van der Waals surface area contributed by atoms with Gasteiger partial charge in [0.25, 0.3) is 5.91 Å². The smallest absolute Gasteiger partial charge is 0.255 e. The van der Waals surface area contributed by atoms with Crippen LogP contribution in [-0.4, -0.2) is 12.5 Å². The maximum Gasteiger partial charge on any atom is 0.255 e. The molecule has 0 unspecified atom stereocenters. The number of aryl methyl sites for hydroxylation is 1. The molecule has 1 amide bonds. The first kappa shape index (κ1) is 14.8. The van der Waals surface area contributed by atoms with Crippen LogP contribution in [-0.2, 0) is 0 Å². The normalized spacial score (nSPS) is 10.2. The predicted octanol–water partition coefficient (Wildman–Crippen LogP) is 3.37. The Labute approximate surface area is 122 Å². The van der Waals surface area contributed by atoms with Crippen LogP contribution in [0.5, 0.6) is 5.75 Å². The van der Waals surface area contributed by atoms with E-state index in [4.69, 9.17) is 10.5 Å². The van der Waals surface area contributed by atoms with E-state index in [0.717, 1.165) is 0 Å². The molecule has 0 heterocycles. The van der Waals surface area contributed by atoms with Crippen molar-refractivity contribution in [3.63, 3.8) is 0 Å². The third kappa shape index (κ3) is 3.72. The lowest BCUT2D eigenvalue weighted by atomic mass is 10.1. The topological polar surface area (TPSA) is 64.3 Å². The maximum atomic E-state index is 13.1. The predicted molar refractivity (Wildman–Crippen MR) is 81.1 cm³/mol. The number of nitrogen functional groups attached to an aromatic ring is 1. The van der Waals surface area contributed by atoms with Gasteiger partial charge in [-0.05, 0) is 49.7 Å². The van der Waals surface area contributed by atoms with E-state index in [9.17, 15) is 9.18 Å². The average Bonchev–Trinajstić information content (AvgIpc) is 2.41. The number of anilines is 2. The molecule has 110 valence electrons. The van der Waals surface area contributed by atoms with Crippen molar-refractivity contribution >= 4 is 17.3 Å². The highest BCUT2D eigenvalue weighted by atomic mass is 19.1. The molecule has 0 aliphatic heterocycles. The summed E-state index contributed by atoms with van der Waals surface area (Å²) in [5, 5.41) is 2.73. The fourth-order valence-electron chi connectivity index (χ4n) is 1.96. The van der Waals surface area contributed by atoms with E-state index in [-0.39, 0.29) is 11.7 Å². The summed E-state index contributed by atoms with van der Waals surface area (Å²) in [6.07, 6.45) is 0. The zero-order chi connectivity index (χ0) is 15.4. The van der Waals surface area contributed by atoms with Gasteiger partial charge < -0.3 is 15.8 Å². The first-order valence-corrected chi connectivity index (χ1v) is 6.60. The Morgan fingerprint density at radius 2 is 2.05 bits per heavy atom. The molecule has 3 N–H and O–H groups in total. The van der Waals surface area contributed by atoms with Gasteiger partial charge in [0.1, 0.15) is 11.6 Å². The SMILES string of the molecule is CCOc1cc(N)cc(C(=O)Nc2ccc(F)cc2C)c1. The number of nitrogens with one attached hydrogen (secondary N) is 1. The highest BCUT2D eigenvalue weighted by Crippen LogP contribution is 2.21. The molecule has 2 aromatic carbocycles. The number of nitrogens with two attached hydrogens (primary N) is 1. The molecule has 4 nitrogen and oxygen atoms in total. The van der Waals surface area contributed by atoms with Crippen LogP contribution in [0.4, 0.5) is 15.8 Å². The molecule has 0 aromatic heterocycles. The number of hydrogen-bond donors (Lipinski definition) is 2. The number of carbonyl (C=O) groups excluding carboxylic acids is 1. The number of carbonyl (C=O) groups is 1. The van der Waals surface area contributed by atoms with Crippen LogP contribution in [0.2, 0.25) is 0 Å². The first-order valence-electron chi connectivity index (χ1n) is 6.60. The van der Waals surface area contributed by atoms with Crippen molar-refractivity contribution in [2.45, 2.75) is 13.8 Å². The second-order valence-electron chi connectivity index (χ2n) is 4.64. The van der Waals surface area contributed by atoms with Gasteiger partial charge in [0.05, 0.1) is 6.61 Å². The van der Waals surface area contributed by atoms with Crippen LogP contribution in [0, 0.1) is 12.7 Å². The fourth-order valence-corrected chi connectivity index (χ4v) is 1.96. The van der Waals surface area contributed by atoms with Crippen molar-refractivity contribution < 1.29 is 13.9 Å². The lowest BCUT2D eigenvalue weighted by Gasteiger charge is -2.10. The molecular formula is C16H17FN2O2. The Hall–Kier alpha value is -2.56. The molecule has 0 spiro atoms. The van der Waals surface area contributed by atoms with E-state index < -0.39 is 0 Å². The molecule has 0 saturated carbocycles. The molecule has 21 heavy (non-hydrogen) atoms. The molecule has 0 bridgehead atoms. The number of hydrogen-bond acceptors (Lipinski definition) is 3. The zero-order valence-electron chi connectivity index (χ0n) is 11.9. The van der Waals surface area contributed by atoms with E-state index in [0.29, 0.717) is 34.9 Å². The third-order valence-corrected chi connectivity index (χ3v) is 2.94. The van der Waals surface area contributed by atoms with Crippen molar-refractivity contribution in [3.8, 4) is 5.75 Å². The van der Waals surface area contributed by atoms with Gasteiger partial charge in [-0.1, -0.05) is 0 Å². The Balaban J connectivity index is 2.23. The standard InChI is InChI=1S/C16H17FN2O2/c1-3-21-14-8-11(7-13(18)9-14)16(20)19-15-5-4-12(17)6-10(15)2/h4-9H,3,18H2,1-2H3,(H,19,20). The van der Waals surface area contributed by atoms with Gasteiger partial charge in [0.2, 0.25) is 0 Å². The third-order valence-electron chi connectivity index (χ3n) is 2.94. The highest BCUT2D eigenvalue weighted by Gasteiger charge is 2.10. The van der Waals surface area contributed by atoms with Crippen molar-refractivity contribution in [1.29, 1.82) is 0 Å². The summed E-state index contributed by atoms with van der Waals surface area (Å²) >= 11 is 0. The molecular weight excluding hydrogens is 271 g/mol. The summed E-state index contributed by atoms with van der Waals surface area (Å²) in [5.41, 5.74) is 7.81. The van der Waals surface area contributed by atoms with E-state index in [1.165, 1.54) is 18.2 Å². The molecule has 0 saturated heterocycles. The largest absolute Gasteiger partial charge is 0.494 e. The minimum absolute atomic E-state index is 0.321. The number of ether oxygens (including phenoxy) is 1. The van der Waals surface area contributed by atoms with Gasteiger partial charge in [-0.2, -0.15) is 0 Å². The summed E-state index contributed by atoms with van der Waals surface area (Å²) in [4.78, 5) is 12.2. The van der Waals surface area contributed by atoms with Crippen molar-refractivity contribution in [2.24, 2.45) is 0 Å². The van der Waals surface area contributed by atoms with E-state index >= 15 is 0 Å². The molecule has 2 rings (SSSR count). The summed E-state index contributed by atoms with van der Waals surface area (Å²) in [6.45, 7) is 4.07. The van der Waals surface area contributed by atoms with Crippen molar-refractivity contribution in [3.05, 3.63) is 53.3 Å². The molecule has 0 fully saturated rings. The van der Waals surface area contributed by atoms with Crippen molar-refractivity contribution in [1.82, 2.24) is 0 Å². The first-order chi connectivity index (χ1) is 9.99. The molecule has 0 aliphatic carbocycles. The van der Waals surface area contributed by atoms with Gasteiger partial charge in [-0.3, -0.25) is 4.79 Å². The van der Waals surface area contributed by atoms with Crippen LogP contribution in [0.1, 0.15) is 22.8 Å². The average molecular weight is 288 g/mol. The Morgan fingerprint density at radius 1 is 1.29 bits per heavy atom. The maximum absolute atomic E-state index is 13.1. The Morgan fingerprint density at radius 3 is 2.71 bits per heavy atom. The zero-order valence-corrected chi connectivity index (χ0v) is 11.9. The van der Waals surface area contributed by atoms with Crippen molar-refractivity contribution in [2.75, 3.05) is 17.7 Å². The summed E-state index contributed by atoms with van der Waals surface area (Å²) in [6, 6.07) is 9.03. The number of rotatable bonds is 4. The van der Waals surface area contributed by atoms with Crippen LogP contribution >= 0.6 is 0 Å². The van der Waals surface area contributed by atoms with E-state index in [1.54, 1.807) is 25.1 Å². The number of halogens is 1. The Bertz CT molecular complexity index is 671. The summed E-state index contributed by atoms with van der Waals surface area (Å²) in [5.74, 6) is -0.121. The van der Waals surface area contributed by atoms with Crippen LogP contribution in [0.3, 0.4) is 0 Å². The lowest BCUT2D eigenvalue weighted by Crippen LogP contribution is -2.13. The lowest BCUT2D eigenvalue weighted by molar-refractivity contribution is 0.102.